The molecule has 1 fully saturated rings. The van der Waals surface area contributed by atoms with Gasteiger partial charge in [0.25, 0.3) is 0 Å². The smallest absolute Gasteiger partial charge is 0.232 e. The molecule has 1 N–H and O–H groups in total. The quantitative estimate of drug-likeness (QED) is 0.724. The molecule has 154 valence electrons. The number of methoxy groups -OCH3 is 2. The van der Waals surface area contributed by atoms with Crippen molar-refractivity contribution in [3.8, 4) is 11.5 Å². The number of carbonyl (C=O) groups is 2. The van der Waals surface area contributed by atoms with Gasteiger partial charge in [0.15, 0.2) is 0 Å². The lowest BCUT2D eigenvalue weighted by Crippen LogP contribution is -2.49. The second kappa shape index (κ2) is 9.82. The maximum Gasteiger partial charge on any atom is 0.232 e. The highest BCUT2D eigenvalue weighted by Crippen LogP contribution is 2.21. The lowest BCUT2D eigenvalue weighted by molar-refractivity contribution is -0.136. The van der Waals surface area contributed by atoms with Crippen molar-refractivity contribution in [3.05, 3.63) is 54.1 Å². The molecule has 1 heterocycles. The van der Waals surface area contributed by atoms with E-state index in [0.29, 0.717) is 25.4 Å². The molecule has 0 unspecified atom stereocenters. The molecular weight excluding hydrogens is 370 g/mol. The van der Waals surface area contributed by atoms with Gasteiger partial charge in [0.2, 0.25) is 11.8 Å². The maximum absolute atomic E-state index is 12.5. The van der Waals surface area contributed by atoms with Crippen LogP contribution in [0.15, 0.2) is 48.5 Å². The summed E-state index contributed by atoms with van der Waals surface area (Å²) in [5.74, 6) is 1.12. The molecule has 0 bridgehead atoms. The van der Waals surface area contributed by atoms with Crippen LogP contribution in [0.2, 0.25) is 0 Å². The summed E-state index contributed by atoms with van der Waals surface area (Å²) in [6, 6.07) is 15.4. The first-order chi connectivity index (χ1) is 14.1. The number of nitrogens with one attached hydrogen (secondary N) is 1. The van der Waals surface area contributed by atoms with Gasteiger partial charge in [0, 0.05) is 44.0 Å². The first kappa shape index (κ1) is 20.5. The Hall–Kier alpha value is -3.22. The van der Waals surface area contributed by atoms with Gasteiger partial charge in [-0.15, -0.1) is 0 Å². The number of hydrogen-bond donors (Lipinski definition) is 1. The molecule has 2 aromatic carbocycles. The second-order valence-corrected chi connectivity index (χ2v) is 6.83. The van der Waals surface area contributed by atoms with Gasteiger partial charge in [-0.1, -0.05) is 18.2 Å². The molecule has 1 aliphatic rings. The predicted molar refractivity (Wildman–Crippen MR) is 111 cm³/mol. The Kier molecular flexibility index (Phi) is 6.94. The molecule has 0 atom stereocenters. The molecule has 7 nitrogen and oxygen atoms in total. The van der Waals surface area contributed by atoms with Gasteiger partial charge in [0.1, 0.15) is 17.9 Å². The first-order valence-electron chi connectivity index (χ1n) is 9.66. The highest BCUT2D eigenvalue weighted by atomic mass is 16.5. The van der Waals surface area contributed by atoms with Gasteiger partial charge in [-0.3, -0.25) is 9.59 Å². The van der Waals surface area contributed by atoms with Crippen LogP contribution < -0.4 is 19.7 Å². The maximum atomic E-state index is 12.5. The van der Waals surface area contributed by atoms with Crippen LogP contribution in [0.3, 0.4) is 0 Å². The van der Waals surface area contributed by atoms with Gasteiger partial charge in [-0.25, -0.2) is 0 Å². The summed E-state index contributed by atoms with van der Waals surface area (Å²) in [4.78, 5) is 28.6. The third-order valence-corrected chi connectivity index (χ3v) is 5.05. The van der Waals surface area contributed by atoms with Crippen molar-refractivity contribution >= 4 is 17.5 Å². The van der Waals surface area contributed by atoms with Gasteiger partial charge in [-0.2, -0.15) is 0 Å². The fraction of sp³-hybridized carbons (Fsp3) is 0.364. The predicted octanol–water partition coefficient (Wildman–Crippen LogP) is 2.06. The van der Waals surface area contributed by atoms with Crippen LogP contribution in [-0.2, 0) is 16.1 Å². The number of rotatable bonds is 7. The molecule has 0 spiro atoms. The summed E-state index contributed by atoms with van der Waals surface area (Å²) in [6.07, 6.45) is -0.141. The van der Waals surface area contributed by atoms with Crippen molar-refractivity contribution in [1.29, 1.82) is 0 Å². The minimum atomic E-state index is -0.279. The average molecular weight is 397 g/mol. The Balaban J connectivity index is 1.44. The number of carbonyl (C=O) groups excluding carboxylic acids is 2. The van der Waals surface area contributed by atoms with Crippen molar-refractivity contribution in [3.63, 3.8) is 0 Å². The standard InChI is InChI=1S/C22H27N3O4/c1-28-19-9-7-18(8-10-19)24-11-13-25(14-12-24)22(27)15-21(26)23-16-17-5-3-4-6-20(17)29-2/h3-10H,11-16H2,1-2H3,(H,23,26). The number of para-hydroxylation sites is 1. The Labute approximate surface area is 171 Å². The van der Waals surface area contributed by atoms with Crippen molar-refractivity contribution in [2.75, 3.05) is 45.3 Å². The summed E-state index contributed by atoms with van der Waals surface area (Å²) in [5, 5.41) is 2.80. The van der Waals surface area contributed by atoms with E-state index in [-0.39, 0.29) is 18.2 Å². The number of hydrogen-bond acceptors (Lipinski definition) is 5. The molecule has 29 heavy (non-hydrogen) atoms. The topological polar surface area (TPSA) is 71.1 Å². The molecule has 0 aliphatic carbocycles. The van der Waals surface area contributed by atoms with Crippen LogP contribution in [0.4, 0.5) is 5.69 Å². The molecule has 1 aliphatic heterocycles. The summed E-state index contributed by atoms with van der Waals surface area (Å²) >= 11 is 0. The normalized spacial score (nSPS) is 13.7. The summed E-state index contributed by atoms with van der Waals surface area (Å²) in [7, 11) is 3.24. The number of nitrogens with zero attached hydrogens (tertiary/aromatic N) is 2. The second-order valence-electron chi connectivity index (χ2n) is 6.83. The van der Waals surface area contributed by atoms with E-state index in [0.717, 1.165) is 30.1 Å². The van der Waals surface area contributed by atoms with Crippen LogP contribution in [0.1, 0.15) is 12.0 Å². The Morgan fingerprint density at radius 2 is 1.62 bits per heavy atom. The van der Waals surface area contributed by atoms with E-state index in [2.05, 4.69) is 10.2 Å². The van der Waals surface area contributed by atoms with Crippen LogP contribution in [0.5, 0.6) is 11.5 Å². The first-order valence-corrected chi connectivity index (χ1v) is 9.66. The van der Waals surface area contributed by atoms with Crippen LogP contribution in [-0.4, -0.2) is 57.1 Å². The SMILES string of the molecule is COc1ccc(N2CCN(C(=O)CC(=O)NCc3ccccc3OC)CC2)cc1. The molecule has 2 aromatic rings. The third kappa shape index (κ3) is 5.40. The Bertz CT molecular complexity index is 830. The summed E-state index contributed by atoms with van der Waals surface area (Å²) in [5.41, 5.74) is 1.98. The molecular formula is C22H27N3O4. The number of benzene rings is 2. The van der Waals surface area contributed by atoms with Gasteiger partial charge >= 0.3 is 0 Å². The summed E-state index contributed by atoms with van der Waals surface area (Å²) < 4.78 is 10.5. The molecule has 0 aromatic heterocycles. The Morgan fingerprint density at radius 3 is 2.28 bits per heavy atom. The van der Waals surface area contributed by atoms with E-state index in [1.165, 1.54) is 0 Å². The average Bonchev–Trinajstić information content (AvgIpc) is 2.78. The number of anilines is 1. The van der Waals surface area contributed by atoms with E-state index >= 15 is 0 Å². The van der Waals surface area contributed by atoms with E-state index in [1.807, 2.05) is 48.5 Å². The number of amides is 2. The van der Waals surface area contributed by atoms with Crippen LogP contribution in [0, 0.1) is 0 Å². The zero-order valence-electron chi connectivity index (χ0n) is 16.9. The molecule has 7 heteroatoms. The Morgan fingerprint density at radius 1 is 0.931 bits per heavy atom. The fourth-order valence-corrected chi connectivity index (χ4v) is 3.36. The van der Waals surface area contributed by atoms with Crippen LogP contribution in [0.25, 0.3) is 0 Å². The lowest BCUT2D eigenvalue weighted by atomic mass is 10.2. The lowest BCUT2D eigenvalue weighted by Gasteiger charge is -2.36. The van der Waals surface area contributed by atoms with Crippen molar-refractivity contribution < 1.29 is 19.1 Å². The van der Waals surface area contributed by atoms with E-state index < -0.39 is 0 Å². The highest BCUT2D eigenvalue weighted by molar-refractivity contribution is 5.97. The van der Waals surface area contributed by atoms with E-state index in [1.54, 1.807) is 19.1 Å². The minimum Gasteiger partial charge on any atom is -0.497 e. The molecule has 0 saturated carbocycles. The largest absolute Gasteiger partial charge is 0.497 e. The number of ether oxygens (including phenoxy) is 2. The summed E-state index contributed by atoms with van der Waals surface area (Å²) in [6.45, 7) is 3.01. The van der Waals surface area contributed by atoms with E-state index in [9.17, 15) is 9.59 Å². The fourth-order valence-electron chi connectivity index (χ4n) is 3.36. The minimum absolute atomic E-state index is 0.141. The highest BCUT2D eigenvalue weighted by Gasteiger charge is 2.23. The zero-order chi connectivity index (χ0) is 20.6. The van der Waals surface area contributed by atoms with Gasteiger partial charge in [-0.05, 0) is 30.3 Å². The van der Waals surface area contributed by atoms with Gasteiger partial charge < -0.3 is 24.6 Å². The van der Waals surface area contributed by atoms with Crippen LogP contribution >= 0.6 is 0 Å². The van der Waals surface area contributed by atoms with Crippen molar-refractivity contribution in [2.24, 2.45) is 0 Å². The van der Waals surface area contributed by atoms with Gasteiger partial charge in [0.05, 0.1) is 14.2 Å². The monoisotopic (exact) mass is 397 g/mol. The molecule has 2 amide bonds. The third-order valence-electron chi connectivity index (χ3n) is 5.05. The number of piperazine rings is 1. The van der Waals surface area contributed by atoms with E-state index in [4.69, 9.17) is 9.47 Å². The van der Waals surface area contributed by atoms with Crippen molar-refractivity contribution in [1.82, 2.24) is 10.2 Å². The zero-order valence-corrected chi connectivity index (χ0v) is 16.9. The molecule has 3 rings (SSSR count). The molecule has 1 saturated heterocycles. The molecule has 0 radical (unpaired) electrons. The van der Waals surface area contributed by atoms with Crippen molar-refractivity contribution in [2.45, 2.75) is 13.0 Å².